The Morgan fingerprint density at radius 2 is 1.71 bits per heavy atom. The summed E-state index contributed by atoms with van der Waals surface area (Å²) in [6.07, 6.45) is -1.34. The average molecular weight is 328 g/mol. The fourth-order valence-electron chi connectivity index (χ4n) is 3.21. The van der Waals surface area contributed by atoms with E-state index in [0.717, 1.165) is 16.9 Å². The maximum atomic E-state index is 9.71. The second kappa shape index (κ2) is 7.34. The highest BCUT2D eigenvalue weighted by Crippen LogP contribution is 2.31. The first-order chi connectivity index (χ1) is 11.5. The summed E-state index contributed by atoms with van der Waals surface area (Å²) in [6, 6.07) is 14.4. The minimum absolute atomic E-state index is 0.153. The second-order valence-electron chi connectivity index (χ2n) is 6.43. The third kappa shape index (κ3) is 3.78. The minimum atomic E-state index is -0.795. The van der Waals surface area contributed by atoms with Crippen LogP contribution in [-0.4, -0.2) is 41.7 Å². The van der Waals surface area contributed by atoms with E-state index in [0.29, 0.717) is 13.0 Å². The van der Waals surface area contributed by atoms with Gasteiger partial charge in [0.25, 0.3) is 0 Å². The van der Waals surface area contributed by atoms with Crippen molar-refractivity contribution in [2.24, 2.45) is 0 Å². The van der Waals surface area contributed by atoms with Gasteiger partial charge in [-0.2, -0.15) is 0 Å². The molecule has 3 rings (SSSR count). The van der Waals surface area contributed by atoms with E-state index in [1.807, 2.05) is 30.3 Å². The number of aryl methyl sites for hydroxylation is 2. The van der Waals surface area contributed by atoms with Gasteiger partial charge in [0.2, 0.25) is 0 Å². The normalized spacial score (nSPS) is 23.9. The van der Waals surface area contributed by atoms with Crippen molar-refractivity contribution in [2.75, 3.05) is 13.2 Å². The van der Waals surface area contributed by atoms with Gasteiger partial charge in [0.15, 0.2) is 0 Å². The maximum Gasteiger partial charge on any atom is 0.120 e. The summed E-state index contributed by atoms with van der Waals surface area (Å²) < 4.78 is 11.4. The van der Waals surface area contributed by atoms with Gasteiger partial charge < -0.3 is 19.7 Å². The zero-order valence-electron chi connectivity index (χ0n) is 14.1. The second-order valence-corrected chi connectivity index (χ2v) is 6.43. The van der Waals surface area contributed by atoms with Crippen LogP contribution in [0.3, 0.4) is 0 Å². The van der Waals surface area contributed by atoms with Crippen molar-refractivity contribution in [1.29, 1.82) is 0 Å². The molecule has 2 aromatic carbocycles. The van der Waals surface area contributed by atoms with E-state index in [9.17, 15) is 10.2 Å². The van der Waals surface area contributed by atoms with Gasteiger partial charge in [0, 0.05) is 6.42 Å². The third-order valence-corrected chi connectivity index (χ3v) is 4.46. The van der Waals surface area contributed by atoms with Crippen LogP contribution in [0.25, 0.3) is 11.1 Å². The summed E-state index contributed by atoms with van der Waals surface area (Å²) in [7, 11) is 0. The summed E-state index contributed by atoms with van der Waals surface area (Å²) in [5, 5.41) is 19.2. The fraction of sp³-hybridized carbons (Fsp3) is 0.400. The van der Waals surface area contributed by atoms with Crippen molar-refractivity contribution in [3.05, 3.63) is 53.6 Å². The number of hydrogen-bond acceptors (Lipinski definition) is 4. The molecule has 4 heteroatoms. The van der Waals surface area contributed by atoms with Gasteiger partial charge in [-0.1, -0.05) is 30.3 Å². The Hall–Kier alpha value is -1.88. The van der Waals surface area contributed by atoms with Gasteiger partial charge in [-0.15, -0.1) is 0 Å². The van der Waals surface area contributed by atoms with Crippen molar-refractivity contribution < 1.29 is 19.7 Å². The molecule has 1 fully saturated rings. The van der Waals surface area contributed by atoms with Crippen LogP contribution in [0.5, 0.6) is 5.75 Å². The van der Waals surface area contributed by atoms with Crippen molar-refractivity contribution in [1.82, 2.24) is 0 Å². The molecule has 0 bridgehead atoms. The highest BCUT2D eigenvalue weighted by Gasteiger charge is 2.28. The van der Waals surface area contributed by atoms with Crippen LogP contribution in [0.15, 0.2) is 42.5 Å². The van der Waals surface area contributed by atoms with Crippen LogP contribution in [0, 0.1) is 13.8 Å². The molecular weight excluding hydrogens is 304 g/mol. The van der Waals surface area contributed by atoms with E-state index in [-0.39, 0.29) is 12.7 Å². The molecule has 0 spiro atoms. The molecule has 2 aromatic rings. The van der Waals surface area contributed by atoms with Crippen molar-refractivity contribution in [3.8, 4) is 16.9 Å². The summed E-state index contributed by atoms with van der Waals surface area (Å²) in [5.74, 6) is 0.800. The van der Waals surface area contributed by atoms with Crippen LogP contribution in [-0.2, 0) is 4.74 Å². The average Bonchev–Trinajstić information content (AvgIpc) is 2.56. The molecule has 0 amide bonds. The van der Waals surface area contributed by atoms with Gasteiger partial charge >= 0.3 is 0 Å². The Morgan fingerprint density at radius 3 is 2.33 bits per heavy atom. The molecule has 1 saturated heterocycles. The largest absolute Gasteiger partial charge is 0.491 e. The number of benzene rings is 2. The van der Waals surface area contributed by atoms with Gasteiger partial charge in [0.05, 0.1) is 18.8 Å². The lowest BCUT2D eigenvalue weighted by Crippen LogP contribution is -2.43. The van der Waals surface area contributed by atoms with E-state index >= 15 is 0 Å². The molecule has 0 radical (unpaired) electrons. The third-order valence-electron chi connectivity index (χ3n) is 4.46. The van der Waals surface area contributed by atoms with E-state index in [4.69, 9.17) is 9.47 Å². The number of rotatable bonds is 4. The lowest BCUT2D eigenvalue weighted by Gasteiger charge is -2.30. The van der Waals surface area contributed by atoms with Gasteiger partial charge in [-0.25, -0.2) is 0 Å². The molecule has 0 aromatic heterocycles. The molecule has 1 aliphatic heterocycles. The van der Waals surface area contributed by atoms with Crippen molar-refractivity contribution in [3.63, 3.8) is 0 Å². The van der Waals surface area contributed by atoms with Crippen molar-refractivity contribution in [2.45, 2.75) is 38.6 Å². The first kappa shape index (κ1) is 17.0. The quantitative estimate of drug-likeness (QED) is 0.906. The summed E-state index contributed by atoms with van der Waals surface area (Å²) >= 11 is 0. The molecule has 3 atom stereocenters. The Kier molecular flexibility index (Phi) is 5.19. The Bertz CT molecular complexity index is 660. The zero-order chi connectivity index (χ0) is 17.1. The van der Waals surface area contributed by atoms with Gasteiger partial charge in [0.1, 0.15) is 18.5 Å². The van der Waals surface area contributed by atoms with E-state index in [2.05, 4.69) is 26.0 Å². The van der Waals surface area contributed by atoms with E-state index in [1.165, 1.54) is 11.1 Å². The number of hydrogen-bond donors (Lipinski definition) is 2. The number of aliphatic hydroxyl groups is 2. The van der Waals surface area contributed by atoms with E-state index in [1.54, 1.807) is 0 Å². The molecule has 128 valence electrons. The monoisotopic (exact) mass is 328 g/mol. The molecule has 2 N–H and O–H groups in total. The Balaban J connectivity index is 1.70. The van der Waals surface area contributed by atoms with Gasteiger partial charge in [-0.3, -0.25) is 0 Å². The zero-order valence-corrected chi connectivity index (χ0v) is 14.1. The van der Waals surface area contributed by atoms with Crippen LogP contribution in [0.1, 0.15) is 17.5 Å². The highest BCUT2D eigenvalue weighted by molar-refractivity contribution is 5.71. The Morgan fingerprint density at radius 1 is 1.04 bits per heavy atom. The van der Waals surface area contributed by atoms with Crippen LogP contribution in [0.2, 0.25) is 0 Å². The van der Waals surface area contributed by atoms with Crippen LogP contribution >= 0.6 is 0 Å². The first-order valence-electron chi connectivity index (χ1n) is 8.32. The molecule has 0 saturated carbocycles. The molecule has 4 nitrogen and oxygen atoms in total. The van der Waals surface area contributed by atoms with Crippen LogP contribution < -0.4 is 4.74 Å². The first-order valence-corrected chi connectivity index (χ1v) is 8.32. The van der Waals surface area contributed by atoms with Gasteiger partial charge in [-0.05, 0) is 48.2 Å². The molecule has 24 heavy (non-hydrogen) atoms. The SMILES string of the molecule is Cc1cc(OC[C@H]2C[C@H](O)[C@H](O)CO2)cc(C)c1-c1ccccc1. The fourth-order valence-corrected chi connectivity index (χ4v) is 3.21. The van der Waals surface area contributed by atoms with Crippen molar-refractivity contribution >= 4 is 0 Å². The highest BCUT2D eigenvalue weighted by atomic mass is 16.5. The number of aliphatic hydroxyl groups excluding tert-OH is 2. The smallest absolute Gasteiger partial charge is 0.120 e. The van der Waals surface area contributed by atoms with E-state index < -0.39 is 12.2 Å². The minimum Gasteiger partial charge on any atom is -0.491 e. The lowest BCUT2D eigenvalue weighted by atomic mass is 9.95. The predicted molar refractivity (Wildman–Crippen MR) is 93.2 cm³/mol. The summed E-state index contributed by atoms with van der Waals surface area (Å²) in [6.45, 7) is 4.69. The molecule has 0 aliphatic carbocycles. The molecular formula is C20H24O4. The lowest BCUT2D eigenvalue weighted by molar-refractivity contribution is -0.129. The maximum absolute atomic E-state index is 9.71. The standard InChI is InChI=1S/C20H24O4/c1-13-8-16(23-11-17-10-18(21)19(22)12-24-17)9-14(2)20(13)15-6-4-3-5-7-15/h3-9,17-19,21-22H,10-12H2,1-2H3/t17-,18+,19-/m1/s1. The Labute approximate surface area is 142 Å². The predicted octanol–water partition coefficient (Wildman–Crippen LogP) is 2.86. The number of ether oxygens (including phenoxy) is 2. The molecule has 1 aliphatic rings. The summed E-state index contributed by atoms with van der Waals surface area (Å²) in [5.41, 5.74) is 4.76. The molecule has 1 heterocycles. The summed E-state index contributed by atoms with van der Waals surface area (Å²) in [4.78, 5) is 0. The van der Waals surface area contributed by atoms with Crippen LogP contribution in [0.4, 0.5) is 0 Å². The molecule has 0 unspecified atom stereocenters. The topological polar surface area (TPSA) is 58.9 Å².